The molecule has 2 aliphatic rings. The van der Waals surface area contributed by atoms with Crippen molar-refractivity contribution in [1.29, 1.82) is 0 Å². The minimum Gasteiger partial charge on any atom is -0.396 e. The summed E-state index contributed by atoms with van der Waals surface area (Å²) in [6.45, 7) is 3.99. The first-order chi connectivity index (χ1) is 11.1. The van der Waals surface area contributed by atoms with Gasteiger partial charge in [0, 0.05) is 38.5 Å². The summed E-state index contributed by atoms with van der Waals surface area (Å²) in [7, 11) is 5.20. The zero-order valence-electron chi connectivity index (χ0n) is 14.1. The van der Waals surface area contributed by atoms with Gasteiger partial charge in [-0.3, -0.25) is 0 Å². The van der Waals surface area contributed by atoms with E-state index < -0.39 is 18.3 Å². The number of rotatable bonds is 7. The summed E-state index contributed by atoms with van der Waals surface area (Å²) < 4.78 is 29.3. The number of hydrogen-bond acceptors (Lipinski definition) is 6. The quantitative estimate of drug-likeness (QED) is 0.662. The molecule has 2 saturated heterocycles. The fraction of sp³-hybridized carbons (Fsp3) is 1.00. The predicted octanol–water partition coefficient (Wildman–Crippen LogP) is 0.736. The number of aliphatic hydroxyl groups is 2. The van der Waals surface area contributed by atoms with E-state index in [1.165, 1.54) is 7.11 Å². The Hall–Kier alpha value is 0.210. The highest BCUT2D eigenvalue weighted by molar-refractivity contribution is 8.00. The summed E-state index contributed by atoms with van der Waals surface area (Å²) >= 11 is 1.79. The van der Waals surface area contributed by atoms with Gasteiger partial charge in [0.05, 0.1) is 12.1 Å². The minimum atomic E-state index is -1.12. The zero-order chi connectivity index (χ0) is 17.2. The number of thioether (sulfide) groups is 1. The average Bonchev–Trinajstić information content (AvgIpc) is 3.13. The lowest BCUT2D eigenvalue weighted by molar-refractivity contribution is -0.00862. The molecule has 2 rings (SSSR count). The highest BCUT2D eigenvalue weighted by Gasteiger charge is 2.43. The molecule has 0 amide bonds. The van der Waals surface area contributed by atoms with Gasteiger partial charge in [-0.2, -0.15) is 0 Å². The Morgan fingerprint density at radius 1 is 1.17 bits per heavy atom. The normalized spacial score (nSPS) is 36.4. The van der Waals surface area contributed by atoms with Crippen molar-refractivity contribution in [2.75, 3.05) is 26.1 Å². The maximum Gasteiger partial charge on any atom is 0.150 e. The van der Waals surface area contributed by atoms with Crippen molar-refractivity contribution in [2.45, 2.75) is 62.3 Å². The topological polar surface area (TPSA) is 68.2 Å². The van der Waals surface area contributed by atoms with Gasteiger partial charge in [-0.05, 0) is 6.42 Å². The van der Waals surface area contributed by atoms with Crippen LogP contribution in [0.5, 0.6) is 0 Å². The number of aliphatic hydroxyl groups excluding tert-OH is 2. The van der Waals surface area contributed by atoms with Gasteiger partial charge in [0.25, 0.3) is 0 Å². The number of alkyl halides is 1. The van der Waals surface area contributed by atoms with Crippen LogP contribution in [0.4, 0.5) is 4.39 Å². The van der Waals surface area contributed by atoms with Gasteiger partial charge >= 0.3 is 0 Å². The standard InChI is InChI=1S/C8H15BFO3.C6H12BO2S/c1-9-8-6(10)7(12-2)5(13-8)3-4-11;1-7-5-4-10-6(9-5)2-3-8/h5-8,11H,3-4H2,1-2H3;5-6,8H,2-4H2,1H3/t5-,6?,7+,8-;5-,6+/m11/s1. The molecule has 6 atom stereocenters. The maximum absolute atomic E-state index is 13.5. The van der Waals surface area contributed by atoms with Crippen LogP contribution in [0, 0.1) is 0 Å². The molecule has 0 spiro atoms. The lowest BCUT2D eigenvalue weighted by Gasteiger charge is -2.16. The van der Waals surface area contributed by atoms with Crippen molar-refractivity contribution in [1.82, 2.24) is 0 Å². The van der Waals surface area contributed by atoms with Crippen LogP contribution in [0.15, 0.2) is 0 Å². The monoisotopic (exact) mass is 348 g/mol. The van der Waals surface area contributed by atoms with Crippen molar-refractivity contribution < 1.29 is 28.8 Å². The first-order valence-corrected chi connectivity index (χ1v) is 9.06. The molecule has 0 aliphatic carbocycles. The third-order valence-electron chi connectivity index (χ3n) is 3.85. The molecule has 0 bridgehead atoms. The molecule has 2 radical (unpaired) electrons. The Morgan fingerprint density at radius 3 is 2.35 bits per heavy atom. The Balaban J connectivity index is 0.000000238. The average molecular weight is 348 g/mol. The van der Waals surface area contributed by atoms with E-state index in [1.807, 2.05) is 6.82 Å². The van der Waals surface area contributed by atoms with E-state index in [9.17, 15) is 4.39 Å². The summed E-state index contributed by atoms with van der Waals surface area (Å²) in [6.07, 6.45) is -0.816. The molecule has 0 aromatic carbocycles. The van der Waals surface area contributed by atoms with E-state index in [4.69, 9.17) is 24.4 Å². The number of methoxy groups -OCH3 is 1. The van der Waals surface area contributed by atoms with Gasteiger partial charge in [0.1, 0.15) is 32.3 Å². The molecule has 2 fully saturated rings. The van der Waals surface area contributed by atoms with Crippen LogP contribution in [0.3, 0.4) is 0 Å². The molecule has 2 N–H and O–H groups in total. The summed E-state index contributed by atoms with van der Waals surface area (Å²) in [5.41, 5.74) is 0.228. The number of hydrogen-bond donors (Lipinski definition) is 2. The second-order valence-corrected chi connectivity index (χ2v) is 6.61. The fourth-order valence-corrected chi connectivity index (χ4v) is 3.73. The van der Waals surface area contributed by atoms with E-state index in [1.54, 1.807) is 25.9 Å². The largest absolute Gasteiger partial charge is 0.396 e. The Kier molecular flexibility index (Phi) is 10.8. The van der Waals surface area contributed by atoms with Gasteiger partial charge in [-0.25, -0.2) is 4.39 Å². The molecule has 23 heavy (non-hydrogen) atoms. The van der Waals surface area contributed by atoms with E-state index in [-0.39, 0.29) is 24.8 Å². The smallest absolute Gasteiger partial charge is 0.150 e. The molecule has 2 aliphatic heterocycles. The molecule has 0 saturated carbocycles. The molecule has 1 unspecified atom stereocenters. The third kappa shape index (κ3) is 6.55. The zero-order valence-corrected chi connectivity index (χ0v) is 14.9. The highest BCUT2D eigenvalue weighted by Crippen LogP contribution is 2.27. The summed E-state index contributed by atoms with van der Waals surface area (Å²) in [6, 6.07) is -0.192. The van der Waals surface area contributed by atoms with Crippen molar-refractivity contribution >= 4 is 26.3 Å². The van der Waals surface area contributed by atoms with Crippen LogP contribution in [0.1, 0.15) is 12.8 Å². The van der Waals surface area contributed by atoms with Crippen molar-refractivity contribution in [3.8, 4) is 0 Å². The van der Waals surface area contributed by atoms with Crippen molar-refractivity contribution in [3.63, 3.8) is 0 Å². The van der Waals surface area contributed by atoms with Crippen LogP contribution in [0.25, 0.3) is 0 Å². The van der Waals surface area contributed by atoms with Crippen LogP contribution >= 0.6 is 11.8 Å². The van der Waals surface area contributed by atoms with Gasteiger partial charge < -0.3 is 24.4 Å². The van der Waals surface area contributed by atoms with Gasteiger partial charge in [0.2, 0.25) is 0 Å². The van der Waals surface area contributed by atoms with Crippen LogP contribution in [-0.2, 0) is 14.2 Å². The Labute approximate surface area is 144 Å². The van der Waals surface area contributed by atoms with Gasteiger partial charge in [-0.15, -0.1) is 11.8 Å². The molecule has 9 heteroatoms. The number of ether oxygens (including phenoxy) is 3. The Bertz CT molecular complexity index is 319. The van der Waals surface area contributed by atoms with Gasteiger partial charge in [-0.1, -0.05) is 13.6 Å². The van der Waals surface area contributed by atoms with Crippen LogP contribution < -0.4 is 0 Å². The minimum absolute atomic E-state index is 0.00627. The summed E-state index contributed by atoms with van der Waals surface area (Å²) in [5, 5.41) is 17.3. The first kappa shape index (κ1) is 21.3. The molecule has 5 nitrogen and oxygen atoms in total. The first-order valence-electron chi connectivity index (χ1n) is 8.01. The second kappa shape index (κ2) is 11.7. The lowest BCUT2D eigenvalue weighted by Crippen LogP contribution is -2.32. The predicted molar refractivity (Wildman–Crippen MR) is 92.1 cm³/mol. The van der Waals surface area contributed by atoms with Gasteiger partial charge in [0.15, 0.2) is 0 Å². The fourth-order valence-electron chi connectivity index (χ4n) is 2.56. The van der Waals surface area contributed by atoms with Crippen LogP contribution in [0.2, 0.25) is 13.6 Å². The lowest BCUT2D eigenvalue weighted by atomic mass is 9.72. The molecule has 2 heterocycles. The number of halogens is 1. The van der Waals surface area contributed by atoms with E-state index in [0.717, 1.165) is 12.2 Å². The third-order valence-corrected chi connectivity index (χ3v) is 5.09. The molecule has 132 valence electrons. The SMILES string of the molecule is C[B][C@@H]1O[C@H](CCO)[C@H](OC)C1F.C[B][C@H]1CS[C@@H](CCO)O1. The molecule has 0 aromatic rings. The van der Waals surface area contributed by atoms with E-state index in [0.29, 0.717) is 12.4 Å². The van der Waals surface area contributed by atoms with E-state index in [2.05, 4.69) is 7.28 Å². The van der Waals surface area contributed by atoms with E-state index >= 15 is 0 Å². The van der Waals surface area contributed by atoms with Crippen molar-refractivity contribution in [3.05, 3.63) is 0 Å². The molecule has 0 aromatic heterocycles. The Morgan fingerprint density at radius 2 is 1.87 bits per heavy atom. The molecular formula is C14H27B2FO5S. The summed E-state index contributed by atoms with van der Waals surface area (Å²) in [4.78, 5) is 0. The summed E-state index contributed by atoms with van der Waals surface area (Å²) in [5.74, 6) is 1.04. The maximum atomic E-state index is 13.5. The molecular weight excluding hydrogens is 321 g/mol. The van der Waals surface area contributed by atoms with Crippen LogP contribution in [-0.4, -0.2) is 86.7 Å². The highest BCUT2D eigenvalue weighted by atomic mass is 32.2. The second-order valence-electron chi connectivity index (χ2n) is 5.41. The van der Waals surface area contributed by atoms with Crippen molar-refractivity contribution in [2.24, 2.45) is 0 Å².